The molecule has 32 heavy (non-hydrogen) atoms. The van der Waals surface area contributed by atoms with Gasteiger partial charge in [-0.15, -0.1) is 0 Å². The van der Waals surface area contributed by atoms with Crippen molar-refractivity contribution in [3.8, 4) is 0 Å². The molecule has 2 fully saturated rings. The van der Waals surface area contributed by atoms with Crippen LogP contribution in [-0.2, 0) is 27.8 Å². The van der Waals surface area contributed by atoms with Gasteiger partial charge in [0.25, 0.3) is 5.91 Å². The maximum absolute atomic E-state index is 12.7. The molecule has 8 heteroatoms. The Kier molecular flexibility index (Phi) is 7.57. The van der Waals surface area contributed by atoms with Gasteiger partial charge in [-0.25, -0.2) is 8.42 Å². The third-order valence-corrected chi connectivity index (χ3v) is 7.97. The highest BCUT2D eigenvalue weighted by atomic mass is 32.2. The smallest absolute Gasteiger partial charge is 0.251 e. The van der Waals surface area contributed by atoms with Crippen molar-refractivity contribution in [3.63, 3.8) is 0 Å². The normalized spacial score (nSPS) is 18.4. The first kappa shape index (κ1) is 22.9. The second-order valence-corrected chi connectivity index (χ2v) is 10.3. The van der Waals surface area contributed by atoms with Crippen LogP contribution >= 0.6 is 0 Å². The zero-order valence-electron chi connectivity index (χ0n) is 18.3. The quantitative estimate of drug-likeness (QED) is 0.692. The van der Waals surface area contributed by atoms with Gasteiger partial charge in [0.05, 0.1) is 18.1 Å². The minimum atomic E-state index is -3.56. The standard InChI is InChI=1S/C24H31N3O4S/c28-24(22-8-10-23(11-9-22)32(29,30)27-14-16-31-17-15-27)25-18-20-4-6-21(7-5-20)19-26-12-2-1-3-13-26/h4-11H,1-3,12-19H2,(H,25,28). The minimum absolute atomic E-state index is 0.195. The van der Waals surface area contributed by atoms with Gasteiger partial charge in [-0.3, -0.25) is 9.69 Å². The summed E-state index contributed by atoms with van der Waals surface area (Å²) in [5, 5.41) is 2.91. The number of hydrogen-bond donors (Lipinski definition) is 1. The van der Waals surface area contributed by atoms with Crippen LogP contribution in [-0.4, -0.2) is 62.9 Å². The largest absolute Gasteiger partial charge is 0.379 e. The molecule has 7 nitrogen and oxygen atoms in total. The van der Waals surface area contributed by atoms with E-state index in [0.29, 0.717) is 38.4 Å². The number of carbonyl (C=O) groups excluding carboxylic acids is 1. The van der Waals surface area contributed by atoms with Crippen LogP contribution in [0.15, 0.2) is 53.4 Å². The number of rotatable bonds is 7. The van der Waals surface area contributed by atoms with Gasteiger partial charge >= 0.3 is 0 Å². The second-order valence-electron chi connectivity index (χ2n) is 8.38. The van der Waals surface area contributed by atoms with Crippen LogP contribution in [0.2, 0.25) is 0 Å². The molecule has 2 aliphatic rings. The predicted molar refractivity (Wildman–Crippen MR) is 123 cm³/mol. The molecule has 2 aromatic carbocycles. The van der Waals surface area contributed by atoms with Crippen molar-refractivity contribution in [2.45, 2.75) is 37.2 Å². The number of amides is 1. The van der Waals surface area contributed by atoms with Crippen molar-refractivity contribution >= 4 is 15.9 Å². The molecule has 2 aliphatic heterocycles. The fourth-order valence-corrected chi connectivity index (χ4v) is 5.54. The molecule has 0 bridgehead atoms. The summed E-state index contributed by atoms with van der Waals surface area (Å²) >= 11 is 0. The zero-order chi connectivity index (χ0) is 22.4. The molecule has 0 spiro atoms. The molecular weight excluding hydrogens is 426 g/mol. The van der Waals surface area contributed by atoms with Gasteiger partial charge in [0.2, 0.25) is 10.0 Å². The van der Waals surface area contributed by atoms with E-state index in [9.17, 15) is 13.2 Å². The van der Waals surface area contributed by atoms with Crippen LogP contribution in [0.3, 0.4) is 0 Å². The summed E-state index contributed by atoms with van der Waals surface area (Å²) in [6.07, 6.45) is 3.90. The Morgan fingerprint density at radius 2 is 1.47 bits per heavy atom. The number of morpholine rings is 1. The van der Waals surface area contributed by atoms with Crippen molar-refractivity contribution in [1.29, 1.82) is 0 Å². The number of likely N-dealkylation sites (tertiary alicyclic amines) is 1. The van der Waals surface area contributed by atoms with Crippen molar-refractivity contribution in [2.75, 3.05) is 39.4 Å². The number of hydrogen-bond acceptors (Lipinski definition) is 5. The number of sulfonamides is 1. The van der Waals surface area contributed by atoms with E-state index >= 15 is 0 Å². The van der Waals surface area contributed by atoms with Crippen molar-refractivity contribution in [2.24, 2.45) is 0 Å². The molecule has 0 radical (unpaired) electrons. The van der Waals surface area contributed by atoms with Crippen LogP contribution in [0.4, 0.5) is 0 Å². The lowest BCUT2D eigenvalue weighted by atomic mass is 10.1. The van der Waals surface area contributed by atoms with E-state index in [1.165, 1.54) is 54.4 Å². The molecule has 4 rings (SSSR count). The van der Waals surface area contributed by atoms with E-state index in [1.807, 2.05) is 0 Å². The van der Waals surface area contributed by atoms with Gasteiger partial charge < -0.3 is 10.1 Å². The molecule has 2 saturated heterocycles. The molecule has 0 unspecified atom stereocenters. The van der Waals surface area contributed by atoms with Crippen LogP contribution in [0.5, 0.6) is 0 Å². The summed E-state index contributed by atoms with van der Waals surface area (Å²) in [5.74, 6) is -0.224. The van der Waals surface area contributed by atoms with E-state index in [0.717, 1.165) is 12.1 Å². The molecule has 0 atom stereocenters. The van der Waals surface area contributed by atoms with E-state index in [-0.39, 0.29) is 10.8 Å². The molecule has 2 aromatic rings. The molecular formula is C24H31N3O4S. The zero-order valence-corrected chi connectivity index (χ0v) is 19.1. The third-order valence-electron chi connectivity index (χ3n) is 6.06. The number of benzene rings is 2. The van der Waals surface area contributed by atoms with Gasteiger partial charge in [0, 0.05) is 31.7 Å². The third kappa shape index (κ3) is 5.75. The van der Waals surface area contributed by atoms with E-state index < -0.39 is 10.0 Å². The first-order valence-corrected chi connectivity index (χ1v) is 12.7. The first-order chi connectivity index (χ1) is 15.5. The summed E-state index contributed by atoms with van der Waals surface area (Å²) in [6, 6.07) is 14.5. The number of ether oxygens (including phenoxy) is 1. The monoisotopic (exact) mass is 457 g/mol. The Balaban J connectivity index is 1.30. The molecule has 0 aliphatic carbocycles. The molecule has 0 aromatic heterocycles. The molecule has 1 N–H and O–H groups in total. The SMILES string of the molecule is O=C(NCc1ccc(CN2CCCCC2)cc1)c1ccc(S(=O)(=O)N2CCOCC2)cc1. The Morgan fingerprint density at radius 3 is 2.12 bits per heavy atom. The number of piperidine rings is 1. The van der Waals surface area contributed by atoms with Crippen molar-refractivity contribution in [3.05, 3.63) is 65.2 Å². The van der Waals surface area contributed by atoms with E-state index in [2.05, 4.69) is 34.5 Å². The van der Waals surface area contributed by atoms with Gasteiger partial charge in [-0.05, 0) is 61.3 Å². The highest BCUT2D eigenvalue weighted by molar-refractivity contribution is 7.89. The van der Waals surface area contributed by atoms with Gasteiger partial charge in [0.15, 0.2) is 0 Å². The Bertz CT molecular complexity index is 995. The topological polar surface area (TPSA) is 79.0 Å². The molecule has 0 saturated carbocycles. The fraction of sp³-hybridized carbons (Fsp3) is 0.458. The van der Waals surface area contributed by atoms with Gasteiger partial charge in [-0.1, -0.05) is 30.7 Å². The van der Waals surface area contributed by atoms with Gasteiger partial charge in [0.1, 0.15) is 0 Å². The van der Waals surface area contributed by atoms with Crippen molar-refractivity contribution in [1.82, 2.24) is 14.5 Å². The van der Waals surface area contributed by atoms with Crippen LogP contribution in [0.25, 0.3) is 0 Å². The Labute approximate surface area is 190 Å². The molecule has 172 valence electrons. The summed E-state index contributed by atoms with van der Waals surface area (Å²) < 4.78 is 32.0. The van der Waals surface area contributed by atoms with Gasteiger partial charge in [-0.2, -0.15) is 4.31 Å². The maximum atomic E-state index is 12.7. The summed E-state index contributed by atoms with van der Waals surface area (Å²) in [4.78, 5) is 15.2. The van der Waals surface area contributed by atoms with Crippen LogP contribution in [0.1, 0.15) is 40.7 Å². The highest BCUT2D eigenvalue weighted by Crippen LogP contribution is 2.18. The summed E-state index contributed by atoms with van der Waals surface area (Å²) in [5.41, 5.74) is 2.76. The number of carbonyl (C=O) groups is 1. The average Bonchev–Trinajstić information content (AvgIpc) is 2.85. The van der Waals surface area contributed by atoms with Crippen LogP contribution in [0, 0.1) is 0 Å². The lowest BCUT2D eigenvalue weighted by molar-refractivity contribution is 0.0730. The predicted octanol–water partition coefficient (Wildman–Crippen LogP) is 2.62. The number of nitrogens with zero attached hydrogens (tertiary/aromatic N) is 2. The van der Waals surface area contributed by atoms with Crippen molar-refractivity contribution < 1.29 is 17.9 Å². The Morgan fingerprint density at radius 1 is 0.844 bits per heavy atom. The van der Waals surface area contributed by atoms with E-state index in [1.54, 1.807) is 12.1 Å². The average molecular weight is 458 g/mol. The molecule has 1 amide bonds. The highest BCUT2D eigenvalue weighted by Gasteiger charge is 2.26. The fourth-order valence-electron chi connectivity index (χ4n) is 4.14. The molecule has 2 heterocycles. The second kappa shape index (κ2) is 10.6. The van der Waals surface area contributed by atoms with E-state index in [4.69, 9.17) is 4.74 Å². The summed E-state index contributed by atoms with van der Waals surface area (Å²) in [7, 11) is -3.56. The first-order valence-electron chi connectivity index (χ1n) is 11.3. The summed E-state index contributed by atoms with van der Waals surface area (Å²) in [6.45, 7) is 5.25. The van der Waals surface area contributed by atoms with Crippen LogP contribution < -0.4 is 5.32 Å². The number of nitrogens with one attached hydrogen (secondary N) is 1. The maximum Gasteiger partial charge on any atom is 0.251 e. The Hall–Kier alpha value is -2.26. The minimum Gasteiger partial charge on any atom is -0.379 e. The lowest BCUT2D eigenvalue weighted by Gasteiger charge is -2.26. The lowest BCUT2D eigenvalue weighted by Crippen LogP contribution is -2.40.